The fraction of sp³-hybridized carbons (Fsp3) is 0.526. The number of aromatic nitrogens is 3. The van der Waals surface area contributed by atoms with Crippen LogP contribution in [0.25, 0.3) is 0 Å². The Kier molecular flexibility index (Phi) is 4.99. The summed E-state index contributed by atoms with van der Waals surface area (Å²) in [5, 5.41) is 0. The smallest absolute Gasteiger partial charge is 0.237 e. The molecule has 0 spiro atoms. The number of aromatic amines is 1. The molecule has 2 aromatic heterocycles. The summed E-state index contributed by atoms with van der Waals surface area (Å²) in [4.78, 5) is 31.8. The fourth-order valence-electron chi connectivity index (χ4n) is 3.96. The summed E-state index contributed by atoms with van der Waals surface area (Å²) < 4.78 is 0. The van der Waals surface area contributed by atoms with Crippen LogP contribution in [0.4, 0.5) is 0 Å². The minimum Gasteiger partial charge on any atom is -0.348 e. The van der Waals surface area contributed by atoms with Crippen LogP contribution in [0.15, 0.2) is 30.9 Å². The summed E-state index contributed by atoms with van der Waals surface area (Å²) in [6.07, 6.45) is 7.26. The van der Waals surface area contributed by atoms with Gasteiger partial charge >= 0.3 is 0 Å². The second-order valence-corrected chi connectivity index (χ2v) is 7.23. The van der Waals surface area contributed by atoms with Crippen LogP contribution in [0, 0.1) is 0 Å². The third-order valence-corrected chi connectivity index (χ3v) is 5.42. The monoisotopic (exact) mass is 354 g/mol. The van der Waals surface area contributed by atoms with Crippen LogP contribution in [-0.2, 0) is 11.2 Å². The number of amides is 1. The number of nitrogens with one attached hydrogen (secondary N) is 1. The molecule has 0 bridgehead atoms. The molecular formula is C19H26N6O. The summed E-state index contributed by atoms with van der Waals surface area (Å²) in [6, 6.07) is 3.80. The zero-order chi connectivity index (χ0) is 17.9. The normalized spacial score (nSPS) is 22.0. The van der Waals surface area contributed by atoms with Crippen molar-refractivity contribution in [3.05, 3.63) is 47.8 Å². The van der Waals surface area contributed by atoms with Crippen molar-refractivity contribution in [3.63, 3.8) is 0 Å². The van der Waals surface area contributed by atoms with E-state index < -0.39 is 0 Å². The fourth-order valence-corrected chi connectivity index (χ4v) is 3.96. The Labute approximate surface area is 154 Å². The van der Waals surface area contributed by atoms with Crippen molar-refractivity contribution in [1.29, 1.82) is 0 Å². The molecule has 0 aromatic carbocycles. The summed E-state index contributed by atoms with van der Waals surface area (Å²) >= 11 is 0. The topological polar surface area (TPSA) is 68.4 Å². The molecule has 1 amide bonds. The van der Waals surface area contributed by atoms with Gasteiger partial charge in [0.25, 0.3) is 0 Å². The Balaban J connectivity index is 1.55. The maximum Gasteiger partial charge on any atom is 0.237 e. The van der Waals surface area contributed by atoms with Gasteiger partial charge in [0.2, 0.25) is 5.91 Å². The Morgan fingerprint density at radius 1 is 1.27 bits per heavy atom. The van der Waals surface area contributed by atoms with E-state index in [2.05, 4.69) is 31.8 Å². The van der Waals surface area contributed by atoms with E-state index in [9.17, 15) is 4.79 Å². The summed E-state index contributed by atoms with van der Waals surface area (Å²) in [6.45, 7) is 5.23. The predicted octanol–water partition coefficient (Wildman–Crippen LogP) is 0.916. The minimum absolute atomic E-state index is 0.152. The molecule has 7 heteroatoms. The number of pyridine rings is 1. The van der Waals surface area contributed by atoms with Gasteiger partial charge in [0, 0.05) is 44.1 Å². The van der Waals surface area contributed by atoms with E-state index in [1.807, 2.05) is 23.2 Å². The highest BCUT2D eigenvalue weighted by atomic mass is 16.2. The molecule has 1 atom stereocenters. The van der Waals surface area contributed by atoms with E-state index in [0.29, 0.717) is 13.1 Å². The zero-order valence-electron chi connectivity index (χ0n) is 15.3. The van der Waals surface area contributed by atoms with E-state index in [1.54, 1.807) is 12.5 Å². The Hall–Kier alpha value is -2.25. The number of likely N-dealkylation sites (N-methyl/N-ethyl adjacent to an activating group) is 1. The average molecular weight is 354 g/mol. The third kappa shape index (κ3) is 3.50. The molecule has 1 unspecified atom stereocenters. The third-order valence-electron chi connectivity index (χ3n) is 5.42. The minimum atomic E-state index is -0.152. The number of hydrogen-bond donors (Lipinski definition) is 1. The second-order valence-electron chi connectivity index (χ2n) is 7.23. The van der Waals surface area contributed by atoms with Gasteiger partial charge < -0.3 is 14.8 Å². The van der Waals surface area contributed by atoms with Gasteiger partial charge in [0.05, 0.1) is 18.6 Å². The van der Waals surface area contributed by atoms with Gasteiger partial charge in [-0.15, -0.1) is 0 Å². The number of H-pyrrole nitrogens is 1. The average Bonchev–Trinajstić information content (AvgIpc) is 3.05. The van der Waals surface area contributed by atoms with Gasteiger partial charge in [0.1, 0.15) is 6.04 Å². The van der Waals surface area contributed by atoms with Gasteiger partial charge in [0.15, 0.2) is 0 Å². The molecule has 2 aromatic rings. The van der Waals surface area contributed by atoms with Crippen molar-refractivity contribution in [2.24, 2.45) is 0 Å². The number of imidazole rings is 1. The maximum atomic E-state index is 13.2. The molecule has 1 N–H and O–H groups in total. The van der Waals surface area contributed by atoms with Crippen molar-refractivity contribution >= 4 is 5.91 Å². The molecule has 1 saturated heterocycles. The van der Waals surface area contributed by atoms with Crippen LogP contribution < -0.4 is 0 Å². The number of nitrogens with zero attached hydrogens (tertiary/aromatic N) is 5. The lowest BCUT2D eigenvalue weighted by Crippen LogP contribution is -2.46. The van der Waals surface area contributed by atoms with Gasteiger partial charge in [-0.05, 0) is 38.2 Å². The highest BCUT2D eigenvalue weighted by Gasteiger charge is 2.34. The standard InChI is InChI=1S/C19H26N6O/c1-23-7-3-8-24(11-10-23)13-17(26)25-9-5-16-18(22-14-21-16)19(25)15-4-2-6-20-12-15/h2,4,6,12,14,19H,3,5,7-11,13H2,1H3,(H,21,22). The van der Waals surface area contributed by atoms with Crippen molar-refractivity contribution in [2.45, 2.75) is 18.9 Å². The lowest BCUT2D eigenvalue weighted by molar-refractivity contribution is -0.134. The number of carbonyl (C=O) groups is 1. The van der Waals surface area contributed by atoms with Crippen molar-refractivity contribution in [2.75, 3.05) is 46.3 Å². The molecule has 2 aliphatic heterocycles. The molecule has 138 valence electrons. The van der Waals surface area contributed by atoms with E-state index in [0.717, 1.165) is 56.0 Å². The van der Waals surface area contributed by atoms with Gasteiger partial charge in [-0.1, -0.05) is 6.07 Å². The first kappa shape index (κ1) is 17.2. The van der Waals surface area contributed by atoms with Crippen LogP contribution in [0.3, 0.4) is 0 Å². The number of hydrogen-bond acceptors (Lipinski definition) is 5. The predicted molar refractivity (Wildman–Crippen MR) is 98.6 cm³/mol. The highest BCUT2D eigenvalue weighted by Crippen LogP contribution is 2.33. The summed E-state index contributed by atoms with van der Waals surface area (Å²) in [5.41, 5.74) is 3.09. The van der Waals surface area contributed by atoms with Gasteiger partial charge in [-0.3, -0.25) is 14.7 Å². The Bertz CT molecular complexity index is 745. The van der Waals surface area contributed by atoms with Crippen LogP contribution in [-0.4, -0.2) is 81.9 Å². The van der Waals surface area contributed by atoms with E-state index >= 15 is 0 Å². The summed E-state index contributed by atoms with van der Waals surface area (Å²) in [5.74, 6) is 0.178. The molecule has 4 heterocycles. The number of rotatable bonds is 3. The van der Waals surface area contributed by atoms with E-state index in [1.165, 1.54) is 0 Å². The molecule has 2 aliphatic rings. The first-order valence-electron chi connectivity index (χ1n) is 9.35. The molecule has 0 saturated carbocycles. The van der Waals surface area contributed by atoms with Crippen molar-refractivity contribution in [1.82, 2.24) is 29.7 Å². The first-order valence-corrected chi connectivity index (χ1v) is 9.35. The molecule has 0 aliphatic carbocycles. The van der Waals surface area contributed by atoms with Crippen LogP contribution >= 0.6 is 0 Å². The van der Waals surface area contributed by atoms with E-state index in [4.69, 9.17) is 0 Å². The molecule has 7 nitrogen and oxygen atoms in total. The quantitative estimate of drug-likeness (QED) is 0.888. The Morgan fingerprint density at radius 3 is 3.04 bits per heavy atom. The van der Waals surface area contributed by atoms with Crippen LogP contribution in [0.2, 0.25) is 0 Å². The van der Waals surface area contributed by atoms with Crippen LogP contribution in [0.1, 0.15) is 29.4 Å². The second kappa shape index (κ2) is 7.55. The lowest BCUT2D eigenvalue weighted by Gasteiger charge is -2.36. The number of fused-ring (bicyclic) bond motifs is 1. The highest BCUT2D eigenvalue weighted by molar-refractivity contribution is 5.79. The van der Waals surface area contributed by atoms with Crippen molar-refractivity contribution < 1.29 is 4.79 Å². The molecule has 4 rings (SSSR count). The first-order chi connectivity index (χ1) is 12.7. The lowest BCUT2D eigenvalue weighted by atomic mass is 9.96. The van der Waals surface area contributed by atoms with Crippen LogP contribution in [0.5, 0.6) is 0 Å². The SMILES string of the molecule is CN1CCCN(CC(=O)N2CCc3[nH]cnc3C2c2cccnc2)CC1. The molecule has 0 radical (unpaired) electrons. The Morgan fingerprint density at radius 2 is 2.19 bits per heavy atom. The van der Waals surface area contributed by atoms with Gasteiger partial charge in [-0.2, -0.15) is 0 Å². The zero-order valence-corrected chi connectivity index (χ0v) is 15.3. The van der Waals surface area contributed by atoms with Crippen molar-refractivity contribution in [3.8, 4) is 0 Å². The molecular weight excluding hydrogens is 328 g/mol. The van der Waals surface area contributed by atoms with E-state index in [-0.39, 0.29) is 11.9 Å². The molecule has 26 heavy (non-hydrogen) atoms. The molecule has 1 fully saturated rings. The van der Waals surface area contributed by atoms with Gasteiger partial charge in [-0.25, -0.2) is 4.98 Å². The largest absolute Gasteiger partial charge is 0.348 e. The maximum absolute atomic E-state index is 13.2. The number of carbonyl (C=O) groups excluding carboxylic acids is 1. The summed E-state index contributed by atoms with van der Waals surface area (Å²) in [7, 11) is 2.15.